The highest BCUT2D eigenvalue weighted by atomic mass is 19.1. The van der Waals surface area contributed by atoms with E-state index in [1.165, 1.54) is 23.4 Å². The zero-order valence-electron chi connectivity index (χ0n) is 22.5. The minimum atomic E-state index is -1.14. The van der Waals surface area contributed by atoms with E-state index in [1.54, 1.807) is 0 Å². The van der Waals surface area contributed by atoms with Gasteiger partial charge in [0.25, 0.3) is 0 Å². The summed E-state index contributed by atoms with van der Waals surface area (Å²) in [5.74, 6) is -0.635. The first kappa shape index (κ1) is 27.0. The van der Waals surface area contributed by atoms with Crippen molar-refractivity contribution in [3.8, 4) is 0 Å². The number of rotatable bonds is 10. The van der Waals surface area contributed by atoms with Crippen LogP contribution >= 0.6 is 0 Å². The number of hydrogen-bond donors (Lipinski definition) is 1. The van der Waals surface area contributed by atoms with E-state index in [1.807, 2.05) is 66.7 Å². The fourth-order valence-corrected chi connectivity index (χ4v) is 5.14. The molecule has 0 unspecified atom stereocenters. The molecule has 11 heteroatoms. The van der Waals surface area contributed by atoms with Gasteiger partial charge in [0.15, 0.2) is 29.3 Å². The van der Waals surface area contributed by atoms with Crippen LogP contribution in [0.4, 0.5) is 10.2 Å². The number of nitrogens with zero attached hydrogens (tertiary/aromatic N) is 4. The SMILES string of the molecule is CC(=O)O[C@H]1[C@H](n2cnc3c(N)nc(F)nc32)O[C@](C=C2CC2)(COCc2ccccc2)[C@H]1OCc1ccccc1. The molecule has 3 heterocycles. The molecule has 0 bridgehead atoms. The van der Waals surface area contributed by atoms with Gasteiger partial charge in [0.1, 0.15) is 11.7 Å². The van der Waals surface area contributed by atoms with E-state index in [2.05, 4.69) is 15.0 Å². The summed E-state index contributed by atoms with van der Waals surface area (Å²) >= 11 is 0. The molecule has 2 aliphatic rings. The number of esters is 1. The molecule has 10 nitrogen and oxygen atoms in total. The summed E-state index contributed by atoms with van der Waals surface area (Å²) < 4.78 is 41.2. The molecule has 1 aliphatic carbocycles. The zero-order chi connectivity index (χ0) is 28.4. The lowest BCUT2D eigenvalue weighted by atomic mass is 9.94. The van der Waals surface area contributed by atoms with E-state index < -0.39 is 36.1 Å². The maximum atomic E-state index is 14.3. The van der Waals surface area contributed by atoms with Gasteiger partial charge in [-0.15, -0.1) is 0 Å². The summed E-state index contributed by atoms with van der Waals surface area (Å²) in [6.07, 6.45) is 1.55. The van der Waals surface area contributed by atoms with Crippen LogP contribution in [0.1, 0.15) is 37.1 Å². The third-order valence-corrected chi connectivity index (χ3v) is 7.10. The Morgan fingerprint density at radius 3 is 2.44 bits per heavy atom. The molecule has 1 saturated carbocycles. The standard InChI is InChI=1S/C30H30FN5O5/c1-19(37)40-24-25(39-16-22-10-6-3-7-11-22)30(14-20-12-13-20,17-38-15-21-8-4-2-5-9-21)41-28(24)36-18-33-23-26(32)34-29(31)35-27(23)36/h2-11,14,18,24-25,28H,12-13,15-17H2,1H3,(H2,32,34,35)/t24-,25+,28-,30-/m1/s1. The Morgan fingerprint density at radius 2 is 1.78 bits per heavy atom. The van der Waals surface area contributed by atoms with Crippen molar-refractivity contribution in [1.82, 2.24) is 19.5 Å². The third-order valence-electron chi connectivity index (χ3n) is 7.10. The molecule has 1 aliphatic heterocycles. The van der Waals surface area contributed by atoms with Crippen molar-refractivity contribution in [3.63, 3.8) is 0 Å². The van der Waals surface area contributed by atoms with Crippen LogP contribution in [0.3, 0.4) is 0 Å². The van der Waals surface area contributed by atoms with Crippen molar-refractivity contribution >= 4 is 23.0 Å². The number of halogens is 1. The van der Waals surface area contributed by atoms with Crippen molar-refractivity contribution < 1.29 is 28.1 Å². The Balaban J connectivity index is 1.41. The van der Waals surface area contributed by atoms with Crippen LogP contribution in [0.5, 0.6) is 0 Å². The number of nitrogens with two attached hydrogens (primary N) is 1. The number of benzene rings is 2. The number of allylic oxidation sites excluding steroid dienone is 1. The number of anilines is 1. The predicted molar refractivity (Wildman–Crippen MR) is 147 cm³/mol. The first-order valence-corrected chi connectivity index (χ1v) is 13.4. The summed E-state index contributed by atoms with van der Waals surface area (Å²) in [6, 6.07) is 19.5. The smallest absolute Gasteiger partial charge is 0.312 e. The normalized spacial score (nSPS) is 23.6. The summed E-state index contributed by atoms with van der Waals surface area (Å²) in [7, 11) is 0. The molecular weight excluding hydrogens is 529 g/mol. The largest absolute Gasteiger partial charge is 0.455 e. The molecule has 2 aromatic heterocycles. The second kappa shape index (κ2) is 11.4. The van der Waals surface area contributed by atoms with Crippen LogP contribution in [-0.2, 0) is 37.0 Å². The van der Waals surface area contributed by atoms with Gasteiger partial charge in [-0.3, -0.25) is 9.36 Å². The summed E-state index contributed by atoms with van der Waals surface area (Å²) in [6.45, 7) is 2.00. The summed E-state index contributed by atoms with van der Waals surface area (Å²) in [4.78, 5) is 24.2. The predicted octanol–water partition coefficient (Wildman–Crippen LogP) is 4.27. The van der Waals surface area contributed by atoms with Crippen LogP contribution in [0.15, 0.2) is 78.6 Å². The lowest BCUT2D eigenvalue weighted by Gasteiger charge is -2.32. The lowest BCUT2D eigenvalue weighted by Crippen LogP contribution is -2.48. The van der Waals surface area contributed by atoms with Crippen LogP contribution in [0, 0.1) is 6.08 Å². The van der Waals surface area contributed by atoms with Crippen molar-refractivity contribution in [2.75, 3.05) is 12.3 Å². The van der Waals surface area contributed by atoms with Gasteiger partial charge in [-0.1, -0.05) is 66.2 Å². The fourth-order valence-electron chi connectivity index (χ4n) is 5.14. The van der Waals surface area contributed by atoms with Crippen molar-refractivity contribution in [2.24, 2.45) is 0 Å². The number of nitrogen functional groups attached to an aromatic ring is 1. The van der Waals surface area contributed by atoms with Crippen LogP contribution in [0.2, 0.25) is 0 Å². The maximum Gasteiger partial charge on any atom is 0.312 e. The molecule has 2 aromatic carbocycles. The average molecular weight is 560 g/mol. The number of fused-ring (bicyclic) bond motifs is 1. The van der Waals surface area contributed by atoms with Gasteiger partial charge in [0.2, 0.25) is 0 Å². The molecule has 0 spiro atoms. The Kier molecular flexibility index (Phi) is 7.48. The molecule has 4 aromatic rings. The number of aromatic nitrogens is 4. The number of ether oxygens (including phenoxy) is 4. The van der Waals surface area contributed by atoms with E-state index in [0.29, 0.717) is 6.61 Å². The quantitative estimate of drug-likeness (QED) is 0.172. The van der Waals surface area contributed by atoms with Gasteiger partial charge in [-0.25, -0.2) is 4.98 Å². The van der Waals surface area contributed by atoms with Gasteiger partial charge in [-0.05, 0) is 30.0 Å². The fraction of sp³-hybridized carbons (Fsp3) is 0.333. The van der Waals surface area contributed by atoms with Crippen molar-refractivity contribution in [3.05, 3.63) is 95.8 Å². The Bertz CT molecular complexity index is 1560. The summed E-state index contributed by atoms with van der Waals surface area (Å²) in [5, 5.41) is 0. The minimum Gasteiger partial charge on any atom is -0.455 e. The van der Waals surface area contributed by atoms with Gasteiger partial charge in [0, 0.05) is 6.92 Å². The van der Waals surface area contributed by atoms with E-state index in [0.717, 1.165) is 24.0 Å². The van der Waals surface area contributed by atoms with Crippen LogP contribution in [0.25, 0.3) is 11.2 Å². The van der Waals surface area contributed by atoms with Gasteiger partial charge in [-0.2, -0.15) is 14.4 Å². The molecule has 41 heavy (non-hydrogen) atoms. The second-order valence-corrected chi connectivity index (χ2v) is 10.2. The molecule has 212 valence electrons. The zero-order valence-corrected chi connectivity index (χ0v) is 22.5. The Morgan fingerprint density at radius 1 is 1.10 bits per heavy atom. The number of imidazole rings is 1. The van der Waals surface area contributed by atoms with Gasteiger partial charge in [0.05, 0.1) is 26.1 Å². The minimum absolute atomic E-state index is 0.108. The number of hydrogen-bond acceptors (Lipinski definition) is 9. The van der Waals surface area contributed by atoms with Crippen LogP contribution in [-0.4, -0.2) is 49.9 Å². The molecule has 2 fully saturated rings. The van der Waals surface area contributed by atoms with Gasteiger partial charge >= 0.3 is 12.0 Å². The van der Waals surface area contributed by atoms with Crippen LogP contribution < -0.4 is 5.73 Å². The topological polar surface area (TPSA) is 124 Å². The Labute approximate surface area is 235 Å². The van der Waals surface area contributed by atoms with E-state index in [4.69, 9.17) is 24.7 Å². The molecule has 0 amide bonds. The maximum absolute atomic E-state index is 14.3. The van der Waals surface area contributed by atoms with E-state index in [-0.39, 0.29) is 30.2 Å². The molecule has 4 atom stereocenters. The van der Waals surface area contributed by atoms with E-state index >= 15 is 0 Å². The monoisotopic (exact) mass is 559 g/mol. The number of carbonyl (C=O) groups excluding carboxylic acids is 1. The summed E-state index contributed by atoms with van der Waals surface area (Å²) in [5.41, 5.74) is 8.21. The van der Waals surface area contributed by atoms with Gasteiger partial charge < -0.3 is 24.7 Å². The highest BCUT2D eigenvalue weighted by Gasteiger charge is 2.58. The first-order valence-electron chi connectivity index (χ1n) is 13.4. The molecule has 6 rings (SSSR count). The first-order chi connectivity index (χ1) is 19.9. The molecule has 0 radical (unpaired) electrons. The molecule has 2 N–H and O–H groups in total. The Hall–Kier alpha value is -4.19. The highest BCUT2D eigenvalue weighted by molar-refractivity contribution is 5.81. The highest BCUT2D eigenvalue weighted by Crippen LogP contribution is 2.46. The lowest BCUT2D eigenvalue weighted by molar-refractivity contribution is -0.158. The molecule has 1 saturated heterocycles. The van der Waals surface area contributed by atoms with Crippen molar-refractivity contribution in [1.29, 1.82) is 0 Å². The van der Waals surface area contributed by atoms with Crippen molar-refractivity contribution in [2.45, 2.75) is 57.0 Å². The third kappa shape index (κ3) is 5.83. The second-order valence-electron chi connectivity index (χ2n) is 10.2. The van der Waals surface area contributed by atoms with E-state index in [9.17, 15) is 9.18 Å². The number of carbonyl (C=O) groups is 1. The average Bonchev–Trinajstić information content (AvgIpc) is 3.59. The molecular formula is C30H30FN5O5.